The smallest absolute Gasteiger partial charge is 0.291 e. The maximum Gasteiger partial charge on any atom is 0.291 e. The first-order valence-electron chi connectivity index (χ1n) is 4.47. The van der Waals surface area contributed by atoms with Crippen LogP contribution in [0.2, 0.25) is 0 Å². The second-order valence-corrected chi connectivity index (χ2v) is 4.14. The molecule has 0 spiro atoms. The Labute approximate surface area is 90.4 Å². The van der Waals surface area contributed by atoms with Crippen LogP contribution in [0.1, 0.15) is 16.2 Å². The van der Waals surface area contributed by atoms with E-state index < -0.39 is 0 Å². The van der Waals surface area contributed by atoms with Crippen LogP contribution in [0.3, 0.4) is 0 Å². The zero-order valence-corrected chi connectivity index (χ0v) is 9.45. The van der Waals surface area contributed by atoms with E-state index in [4.69, 9.17) is 4.42 Å². The lowest BCUT2D eigenvalue weighted by Crippen LogP contribution is -2.50. The summed E-state index contributed by atoms with van der Waals surface area (Å²) in [5.41, 5.74) is 0.664. The highest BCUT2D eigenvalue weighted by Gasteiger charge is 2.32. The monoisotopic (exact) mass is 258 g/mol. The summed E-state index contributed by atoms with van der Waals surface area (Å²) in [6.45, 7) is 3.40. The van der Waals surface area contributed by atoms with E-state index in [1.165, 1.54) is 6.39 Å². The number of nitrogens with zero attached hydrogens (tertiary/aromatic N) is 2. The van der Waals surface area contributed by atoms with Crippen molar-refractivity contribution in [2.75, 3.05) is 18.4 Å². The Kier molecular flexibility index (Phi) is 2.58. The van der Waals surface area contributed by atoms with E-state index in [2.05, 4.69) is 20.9 Å². The third-order valence-corrected chi connectivity index (χ3v) is 3.32. The maximum absolute atomic E-state index is 11.7. The molecule has 0 saturated carbocycles. The number of oxazole rings is 1. The number of rotatable bonds is 2. The van der Waals surface area contributed by atoms with E-state index in [1.807, 2.05) is 0 Å². The number of aromatic nitrogens is 1. The molecule has 1 amide bonds. The number of aryl methyl sites for hydroxylation is 1. The normalized spacial score (nSPS) is 16.9. The van der Waals surface area contributed by atoms with Gasteiger partial charge in [-0.05, 0) is 6.92 Å². The van der Waals surface area contributed by atoms with Gasteiger partial charge in [-0.3, -0.25) is 4.79 Å². The second-order valence-electron chi connectivity index (χ2n) is 3.50. The molecule has 1 aromatic heterocycles. The van der Waals surface area contributed by atoms with Crippen LogP contribution in [0.25, 0.3) is 0 Å². The lowest BCUT2D eigenvalue weighted by atomic mass is 10.0. The molecule has 1 aromatic rings. The van der Waals surface area contributed by atoms with Crippen LogP contribution in [0.4, 0.5) is 0 Å². The standard InChI is InChI=1S/C9H11BrN2O2/c1-6-8(14-5-11-6)9(13)12-3-7(2-10)4-12/h5,7H,2-4H2,1H3. The van der Waals surface area contributed by atoms with Crippen LogP contribution >= 0.6 is 15.9 Å². The summed E-state index contributed by atoms with van der Waals surface area (Å²) in [7, 11) is 0. The highest BCUT2D eigenvalue weighted by atomic mass is 79.9. The van der Waals surface area contributed by atoms with Gasteiger partial charge >= 0.3 is 0 Å². The van der Waals surface area contributed by atoms with Gasteiger partial charge < -0.3 is 9.32 Å². The third kappa shape index (κ3) is 1.56. The molecule has 0 radical (unpaired) electrons. The van der Waals surface area contributed by atoms with Gasteiger partial charge in [-0.25, -0.2) is 4.98 Å². The fraction of sp³-hybridized carbons (Fsp3) is 0.556. The van der Waals surface area contributed by atoms with Gasteiger partial charge in [-0.15, -0.1) is 0 Å². The Hall–Kier alpha value is -0.840. The minimum Gasteiger partial charge on any atom is -0.438 e. The quantitative estimate of drug-likeness (QED) is 0.755. The largest absolute Gasteiger partial charge is 0.438 e. The minimum absolute atomic E-state index is 0.0443. The minimum atomic E-state index is -0.0443. The summed E-state index contributed by atoms with van der Waals surface area (Å²) in [6.07, 6.45) is 1.31. The second kappa shape index (κ2) is 3.73. The summed E-state index contributed by atoms with van der Waals surface area (Å²) in [6, 6.07) is 0. The molecule has 5 heteroatoms. The molecule has 0 aliphatic carbocycles. The molecular formula is C9H11BrN2O2. The average molecular weight is 259 g/mol. The van der Waals surface area contributed by atoms with Crippen molar-refractivity contribution in [3.05, 3.63) is 17.8 Å². The van der Waals surface area contributed by atoms with E-state index in [0.717, 1.165) is 18.4 Å². The number of alkyl halides is 1. The molecule has 0 aromatic carbocycles. The van der Waals surface area contributed by atoms with E-state index in [1.54, 1.807) is 11.8 Å². The number of amides is 1. The molecule has 0 bridgehead atoms. The highest BCUT2D eigenvalue weighted by Crippen LogP contribution is 2.21. The highest BCUT2D eigenvalue weighted by molar-refractivity contribution is 9.09. The Morgan fingerprint density at radius 3 is 3.00 bits per heavy atom. The van der Waals surface area contributed by atoms with Crippen molar-refractivity contribution in [1.82, 2.24) is 9.88 Å². The average Bonchev–Trinajstić information content (AvgIpc) is 2.49. The Bertz CT molecular complexity index is 344. The van der Waals surface area contributed by atoms with E-state index in [0.29, 0.717) is 17.4 Å². The summed E-state index contributed by atoms with van der Waals surface area (Å²) < 4.78 is 5.04. The van der Waals surface area contributed by atoms with Crippen molar-refractivity contribution in [1.29, 1.82) is 0 Å². The molecule has 2 rings (SSSR count). The first kappa shape index (κ1) is 9.71. The van der Waals surface area contributed by atoms with Crippen molar-refractivity contribution in [3.63, 3.8) is 0 Å². The van der Waals surface area contributed by atoms with Crippen LogP contribution in [0.5, 0.6) is 0 Å². The number of hydrogen-bond acceptors (Lipinski definition) is 3. The van der Waals surface area contributed by atoms with E-state index >= 15 is 0 Å². The fourth-order valence-electron chi connectivity index (χ4n) is 1.48. The molecule has 1 fully saturated rings. The molecule has 14 heavy (non-hydrogen) atoms. The Morgan fingerprint density at radius 1 is 1.79 bits per heavy atom. The van der Waals surface area contributed by atoms with Crippen LogP contribution in [-0.4, -0.2) is 34.2 Å². The lowest BCUT2D eigenvalue weighted by molar-refractivity contribution is 0.0505. The van der Waals surface area contributed by atoms with E-state index in [9.17, 15) is 4.79 Å². The fourth-order valence-corrected chi connectivity index (χ4v) is 1.89. The van der Waals surface area contributed by atoms with Crippen molar-refractivity contribution in [2.24, 2.45) is 5.92 Å². The van der Waals surface area contributed by atoms with Crippen molar-refractivity contribution < 1.29 is 9.21 Å². The van der Waals surface area contributed by atoms with Gasteiger partial charge in [0.15, 0.2) is 6.39 Å². The Morgan fingerprint density at radius 2 is 2.50 bits per heavy atom. The molecule has 2 heterocycles. The van der Waals surface area contributed by atoms with Crippen molar-refractivity contribution in [3.8, 4) is 0 Å². The lowest BCUT2D eigenvalue weighted by Gasteiger charge is -2.37. The maximum atomic E-state index is 11.7. The molecule has 0 unspecified atom stereocenters. The molecule has 1 saturated heterocycles. The van der Waals surface area contributed by atoms with Gasteiger partial charge in [0.25, 0.3) is 5.91 Å². The van der Waals surface area contributed by atoms with Gasteiger partial charge in [-0.1, -0.05) is 15.9 Å². The number of carbonyl (C=O) groups is 1. The molecule has 1 aliphatic rings. The number of hydrogen-bond donors (Lipinski definition) is 0. The van der Waals surface area contributed by atoms with Gasteiger partial charge in [0.1, 0.15) is 0 Å². The molecule has 0 N–H and O–H groups in total. The SMILES string of the molecule is Cc1ncoc1C(=O)N1CC(CBr)C1. The summed E-state index contributed by atoms with van der Waals surface area (Å²) in [5.74, 6) is 0.914. The molecule has 76 valence electrons. The number of likely N-dealkylation sites (tertiary alicyclic amines) is 1. The number of carbonyl (C=O) groups excluding carboxylic acids is 1. The predicted molar refractivity (Wildman–Crippen MR) is 54.4 cm³/mol. The summed E-state index contributed by atoms with van der Waals surface area (Å²) >= 11 is 3.39. The first-order valence-corrected chi connectivity index (χ1v) is 5.60. The van der Waals surface area contributed by atoms with Crippen molar-refractivity contribution in [2.45, 2.75) is 6.92 Å². The third-order valence-electron chi connectivity index (χ3n) is 2.40. The van der Waals surface area contributed by atoms with Crippen LogP contribution in [0.15, 0.2) is 10.8 Å². The predicted octanol–water partition coefficient (Wildman–Crippen LogP) is 1.45. The van der Waals surface area contributed by atoms with Crippen LogP contribution < -0.4 is 0 Å². The number of halogens is 1. The zero-order chi connectivity index (χ0) is 10.1. The molecule has 4 nitrogen and oxygen atoms in total. The van der Waals surface area contributed by atoms with Gasteiger partial charge in [-0.2, -0.15) is 0 Å². The van der Waals surface area contributed by atoms with Crippen LogP contribution in [-0.2, 0) is 0 Å². The van der Waals surface area contributed by atoms with Gasteiger partial charge in [0.05, 0.1) is 5.69 Å². The molecule has 0 atom stereocenters. The van der Waals surface area contributed by atoms with Crippen molar-refractivity contribution >= 4 is 21.8 Å². The van der Waals surface area contributed by atoms with Crippen LogP contribution in [0, 0.1) is 12.8 Å². The topological polar surface area (TPSA) is 46.3 Å². The van der Waals surface area contributed by atoms with Gasteiger partial charge in [0.2, 0.25) is 5.76 Å². The zero-order valence-electron chi connectivity index (χ0n) is 7.86. The molecule has 1 aliphatic heterocycles. The summed E-state index contributed by atoms with van der Waals surface area (Å²) in [4.78, 5) is 17.4. The van der Waals surface area contributed by atoms with E-state index in [-0.39, 0.29) is 5.91 Å². The van der Waals surface area contributed by atoms with Gasteiger partial charge in [0, 0.05) is 24.3 Å². The molecular weight excluding hydrogens is 248 g/mol. The summed E-state index contributed by atoms with van der Waals surface area (Å²) in [5, 5.41) is 0.951. The Balaban J connectivity index is 2.01. The first-order chi connectivity index (χ1) is 6.72.